The van der Waals surface area contributed by atoms with Gasteiger partial charge in [-0.15, -0.1) is 11.8 Å². The number of thioether (sulfide) groups is 1. The minimum atomic E-state index is -0.568. The molecule has 0 saturated carbocycles. The van der Waals surface area contributed by atoms with Gasteiger partial charge in [0.25, 0.3) is 17.2 Å². The number of aromatic nitrogens is 2. The minimum Gasteiger partial charge on any atom is -0.331 e. The first-order valence-electron chi connectivity index (χ1n) is 8.54. The van der Waals surface area contributed by atoms with E-state index in [1.165, 1.54) is 28.8 Å². The van der Waals surface area contributed by atoms with Crippen molar-refractivity contribution in [3.8, 4) is 0 Å². The van der Waals surface area contributed by atoms with Crippen molar-refractivity contribution in [2.24, 2.45) is 0 Å². The number of fused-ring (bicyclic) bond motifs is 1. The Morgan fingerprint density at radius 2 is 2.04 bits per heavy atom. The number of carbonyl (C=O) groups excluding carboxylic acids is 1. The van der Waals surface area contributed by atoms with Crippen molar-refractivity contribution in [3.05, 3.63) is 74.3 Å². The number of rotatable bonds is 6. The van der Waals surface area contributed by atoms with Gasteiger partial charge in [0.05, 0.1) is 22.4 Å². The maximum atomic E-state index is 13.0. The summed E-state index contributed by atoms with van der Waals surface area (Å²) in [5.74, 6) is -0.163. The van der Waals surface area contributed by atoms with Gasteiger partial charge in [-0.3, -0.25) is 19.7 Å². The van der Waals surface area contributed by atoms with Crippen molar-refractivity contribution < 1.29 is 9.72 Å². The molecule has 0 aliphatic heterocycles. The molecule has 0 radical (unpaired) electrons. The smallest absolute Gasteiger partial charge is 0.282 e. The largest absolute Gasteiger partial charge is 0.331 e. The first kappa shape index (κ1) is 19.6. The number of hydrogen-bond donors (Lipinski definition) is 1. The third kappa shape index (κ3) is 3.89. The highest BCUT2D eigenvalue weighted by molar-refractivity contribution is 7.98. The van der Waals surface area contributed by atoms with E-state index in [1.54, 1.807) is 37.3 Å². The van der Waals surface area contributed by atoms with Crippen LogP contribution >= 0.6 is 11.8 Å². The van der Waals surface area contributed by atoms with E-state index in [0.717, 1.165) is 4.90 Å². The second kappa shape index (κ2) is 8.22. The van der Waals surface area contributed by atoms with Crippen LogP contribution in [0.25, 0.3) is 10.9 Å². The van der Waals surface area contributed by atoms with E-state index in [2.05, 4.69) is 9.97 Å². The maximum absolute atomic E-state index is 13.0. The number of nitrogens with one attached hydrogen (secondary N) is 1. The van der Waals surface area contributed by atoms with Gasteiger partial charge in [0.1, 0.15) is 11.4 Å². The van der Waals surface area contributed by atoms with Crippen LogP contribution < -0.4 is 5.56 Å². The molecule has 3 aromatic rings. The van der Waals surface area contributed by atoms with Crippen LogP contribution in [0, 0.1) is 10.1 Å². The van der Waals surface area contributed by atoms with Gasteiger partial charge in [-0.2, -0.15) is 0 Å². The van der Waals surface area contributed by atoms with Crippen molar-refractivity contribution in [2.75, 3.05) is 12.8 Å². The Balaban J connectivity index is 1.97. The average molecular weight is 398 g/mol. The van der Waals surface area contributed by atoms with Gasteiger partial charge in [-0.1, -0.05) is 12.1 Å². The van der Waals surface area contributed by atoms with Crippen LogP contribution in [-0.2, 0) is 6.54 Å². The predicted octanol–water partition coefficient (Wildman–Crippen LogP) is 3.22. The molecule has 3 rings (SSSR count). The zero-order chi connectivity index (χ0) is 20.3. The van der Waals surface area contributed by atoms with Gasteiger partial charge in [0.15, 0.2) is 0 Å². The normalized spacial score (nSPS) is 10.8. The van der Waals surface area contributed by atoms with Crippen molar-refractivity contribution in [1.29, 1.82) is 0 Å². The van der Waals surface area contributed by atoms with Crippen LogP contribution in [0.15, 0.2) is 52.2 Å². The van der Waals surface area contributed by atoms with E-state index in [4.69, 9.17) is 0 Å². The number of H-pyrrole nitrogens is 1. The highest BCUT2D eigenvalue weighted by atomic mass is 32.2. The second-order valence-corrected chi connectivity index (χ2v) is 6.87. The predicted molar refractivity (Wildman–Crippen MR) is 108 cm³/mol. The Kier molecular flexibility index (Phi) is 5.74. The molecule has 1 heterocycles. The van der Waals surface area contributed by atoms with E-state index in [-0.39, 0.29) is 23.4 Å². The molecular weight excluding hydrogens is 380 g/mol. The molecule has 144 valence electrons. The van der Waals surface area contributed by atoms with Crippen LogP contribution in [0.4, 0.5) is 5.69 Å². The zero-order valence-corrected chi connectivity index (χ0v) is 16.2. The van der Waals surface area contributed by atoms with Crippen LogP contribution in [0.1, 0.15) is 23.1 Å². The van der Waals surface area contributed by atoms with Crippen LogP contribution in [0.5, 0.6) is 0 Å². The number of para-hydroxylation sites is 1. The van der Waals surface area contributed by atoms with E-state index >= 15 is 0 Å². The summed E-state index contributed by atoms with van der Waals surface area (Å²) in [6, 6.07) is 11.4. The molecule has 2 aromatic carbocycles. The minimum absolute atomic E-state index is 0.0156. The first-order chi connectivity index (χ1) is 13.4. The standard InChI is InChI=1S/C19H18N4O4S/c1-3-22(11-17-20-15-7-5-4-6-13(15)18(24)21-17)19(25)14-10-12(28-2)8-9-16(14)23(26)27/h4-10H,3,11H2,1-2H3,(H,20,21,24). The zero-order valence-electron chi connectivity index (χ0n) is 15.3. The number of nitro groups is 1. The van der Waals surface area contributed by atoms with Crippen molar-refractivity contribution in [1.82, 2.24) is 14.9 Å². The molecule has 0 unspecified atom stereocenters. The van der Waals surface area contributed by atoms with Crippen LogP contribution in [0.2, 0.25) is 0 Å². The summed E-state index contributed by atoms with van der Waals surface area (Å²) in [7, 11) is 0. The lowest BCUT2D eigenvalue weighted by atomic mass is 10.1. The van der Waals surface area contributed by atoms with E-state index in [9.17, 15) is 19.7 Å². The molecule has 1 amide bonds. The molecule has 0 aliphatic rings. The molecule has 28 heavy (non-hydrogen) atoms. The number of carbonyl (C=O) groups is 1. The Hall–Kier alpha value is -3.20. The number of benzene rings is 2. The third-order valence-corrected chi connectivity index (χ3v) is 5.03. The summed E-state index contributed by atoms with van der Waals surface area (Å²) in [5, 5.41) is 11.8. The first-order valence-corrected chi connectivity index (χ1v) is 9.76. The van der Waals surface area contributed by atoms with Gasteiger partial charge in [-0.25, -0.2) is 4.98 Å². The SMILES string of the molecule is CCN(Cc1nc2ccccc2c(=O)[nH]1)C(=O)c1cc(SC)ccc1[N+](=O)[O-]. The van der Waals surface area contributed by atoms with E-state index in [1.807, 2.05) is 6.26 Å². The lowest BCUT2D eigenvalue weighted by Gasteiger charge is -2.20. The van der Waals surface area contributed by atoms with Gasteiger partial charge < -0.3 is 9.88 Å². The molecule has 0 bridgehead atoms. The number of nitro benzene ring substituents is 1. The summed E-state index contributed by atoms with van der Waals surface area (Å²) in [6.07, 6.45) is 1.83. The molecule has 0 spiro atoms. The topological polar surface area (TPSA) is 109 Å². The maximum Gasteiger partial charge on any atom is 0.282 e. The van der Waals surface area contributed by atoms with Crippen molar-refractivity contribution in [3.63, 3.8) is 0 Å². The summed E-state index contributed by atoms with van der Waals surface area (Å²) >= 11 is 1.39. The molecular formula is C19H18N4O4S. The van der Waals surface area contributed by atoms with Crippen molar-refractivity contribution in [2.45, 2.75) is 18.4 Å². The molecule has 8 nitrogen and oxygen atoms in total. The molecule has 0 fully saturated rings. The average Bonchev–Trinajstić information content (AvgIpc) is 2.71. The lowest BCUT2D eigenvalue weighted by molar-refractivity contribution is -0.385. The number of amides is 1. The summed E-state index contributed by atoms with van der Waals surface area (Å²) in [4.78, 5) is 45.3. The fourth-order valence-electron chi connectivity index (χ4n) is 2.86. The fraction of sp³-hybridized carbons (Fsp3) is 0.211. The Bertz CT molecular complexity index is 1110. The summed E-state index contributed by atoms with van der Waals surface area (Å²) in [6.45, 7) is 2.10. The summed E-state index contributed by atoms with van der Waals surface area (Å²) < 4.78 is 0. The molecule has 0 aliphatic carbocycles. The number of hydrogen-bond acceptors (Lipinski definition) is 6. The van der Waals surface area contributed by atoms with Crippen LogP contribution in [0.3, 0.4) is 0 Å². The van der Waals surface area contributed by atoms with Gasteiger partial charge >= 0.3 is 0 Å². The second-order valence-electron chi connectivity index (χ2n) is 5.99. The molecule has 0 atom stereocenters. The van der Waals surface area contributed by atoms with Crippen LogP contribution in [-0.4, -0.2) is 38.5 Å². The number of nitrogens with zero attached hydrogens (tertiary/aromatic N) is 3. The van der Waals surface area contributed by atoms with Gasteiger partial charge in [-0.05, 0) is 37.4 Å². The van der Waals surface area contributed by atoms with Gasteiger partial charge in [0, 0.05) is 17.5 Å². The molecule has 1 N–H and O–H groups in total. The highest BCUT2D eigenvalue weighted by Gasteiger charge is 2.25. The van der Waals surface area contributed by atoms with E-state index < -0.39 is 10.8 Å². The Labute approximate surface area is 164 Å². The van der Waals surface area contributed by atoms with Crippen molar-refractivity contribution >= 4 is 34.3 Å². The fourth-order valence-corrected chi connectivity index (χ4v) is 3.30. The third-order valence-electron chi connectivity index (χ3n) is 4.30. The molecule has 0 saturated heterocycles. The van der Waals surface area contributed by atoms with Gasteiger partial charge in [0.2, 0.25) is 0 Å². The number of aromatic amines is 1. The molecule has 9 heteroatoms. The quantitative estimate of drug-likeness (QED) is 0.388. The highest BCUT2D eigenvalue weighted by Crippen LogP contribution is 2.26. The summed E-state index contributed by atoms with van der Waals surface area (Å²) in [5.41, 5.74) is 0.00243. The monoisotopic (exact) mass is 398 g/mol. The Morgan fingerprint density at radius 1 is 1.29 bits per heavy atom. The lowest BCUT2D eigenvalue weighted by Crippen LogP contribution is -2.32. The Morgan fingerprint density at radius 3 is 2.71 bits per heavy atom. The van der Waals surface area contributed by atoms with E-state index in [0.29, 0.717) is 23.3 Å². The molecule has 1 aromatic heterocycles.